The summed E-state index contributed by atoms with van der Waals surface area (Å²) >= 11 is 0. The molecule has 1 aliphatic heterocycles. The number of nitrogens with two attached hydrogens (primary N) is 1. The Bertz CT molecular complexity index is 354. The van der Waals surface area contributed by atoms with Gasteiger partial charge in [-0.1, -0.05) is 18.2 Å². The standard InChI is InChI=1S/C13H19FN2/c1-10-5-4-8-16(10)9-13(15)11-6-2-3-7-12(11)14/h2-3,6-7,10,13H,4-5,8-9,15H2,1H3. The van der Waals surface area contributed by atoms with Crippen LogP contribution in [0.1, 0.15) is 31.4 Å². The first-order chi connectivity index (χ1) is 7.68. The second-order valence-corrected chi connectivity index (χ2v) is 4.61. The van der Waals surface area contributed by atoms with Crippen molar-refractivity contribution >= 4 is 0 Å². The molecule has 16 heavy (non-hydrogen) atoms. The fraction of sp³-hybridized carbons (Fsp3) is 0.538. The van der Waals surface area contributed by atoms with Crippen LogP contribution < -0.4 is 5.73 Å². The third kappa shape index (κ3) is 2.42. The van der Waals surface area contributed by atoms with Crippen molar-refractivity contribution in [2.45, 2.75) is 31.8 Å². The molecular weight excluding hydrogens is 203 g/mol. The summed E-state index contributed by atoms with van der Waals surface area (Å²) in [6, 6.07) is 7.15. The fourth-order valence-electron chi connectivity index (χ4n) is 2.39. The number of benzene rings is 1. The highest BCUT2D eigenvalue weighted by Gasteiger charge is 2.23. The van der Waals surface area contributed by atoms with Crippen molar-refractivity contribution in [3.63, 3.8) is 0 Å². The highest BCUT2D eigenvalue weighted by molar-refractivity contribution is 5.21. The molecule has 88 valence electrons. The summed E-state index contributed by atoms with van der Waals surface area (Å²) in [4.78, 5) is 2.34. The van der Waals surface area contributed by atoms with Crippen LogP contribution in [-0.2, 0) is 0 Å². The molecule has 0 saturated carbocycles. The zero-order valence-corrected chi connectivity index (χ0v) is 9.70. The molecule has 2 atom stereocenters. The first kappa shape index (κ1) is 11.6. The normalized spacial score (nSPS) is 23.6. The molecule has 0 aromatic heterocycles. The van der Waals surface area contributed by atoms with Crippen LogP contribution in [-0.4, -0.2) is 24.0 Å². The largest absolute Gasteiger partial charge is 0.323 e. The number of hydrogen-bond acceptors (Lipinski definition) is 2. The summed E-state index contributed by atoms with van der Waals surface area (Å²) in [5.41, 5.74) is 6.68. The Morgan fingerprint density at radius 3 is 2.88 bits per heavy atom. The third-order valence-corrected chi connectivity index (χ3v) is 3.43. The van der Waals surface area contributed by atoms with Crippen LogP contribution in [0.15, 0.2) is 24.3 Å². The molecule has 1 saturated heterocycles. The van der Waals surface area contributed by atoms with E-state index >= 15 is 0 Å². The predicted molar refractivity (Wildman–Crippen MR) is 63.6 cm³/mol. The van der Waals surface area contributed by atoms with E-state index in [4.69, 9.17) is 5.73 Å². The molecule has 1 fully saturated rings. The number of likely N-dealkylation sites (tertiary alicyclic amines) is 1. The zero-order valence-electron chi connectivity index (χ0n) is 9.70. The number of halogens is 1. The maximum atomic E-state index is 13.5. The molecule has 0 spiro atoms. The Labute approximate surface area is 96.2 Å². The molecule has 2 unspecified atom stereocenters. The van der Waals surface area contributed by atoms with E-state index in [-0.39, 0.29) is 11.9 Å². The molecule has 0 amide bonds. The van der Waals surface area contributed by atoms with Gasteiger partial charge in [0.2, 0.25) is 0 Å². The van der Waals surface area contributed by atoms with E-state index in [9.17, 15) is 4.39 Å². The Balaban J connectivity index is 2.03. The van der Waals surface area contributed by atoms with E-state index in [0.717, 1.165) is 13.1 Å². The Kier molecular flexibility index (Phi) is 3.56. The van der Waals surface area contributed by atoms with Crippen LogP contribution in [0.25, 0.3) is 0 Å². The van der Waals surface area contributed by atoms with Gasteiger partial charge >= 0.3 is 0 Å². The molecule has 0 radical (unpaired) electrons. The first-order valence-corrected chi connectivity index (χ1v) is 5.92. The van der Waals surface area contributed by atoms with Crippen molar-refractivity contribution in [1.29, 1.82) is 0 Å². The topological polar surface area (TPSA) is 29.3 Å². The molecule has 1 aromatic carbocycles. The minimum absolute atomic E-state index is 0.193. The van der Waals surface area contributed by atoms with E-state index in [1.165, 1.54) is 18.9 Å². The van der Waals surface area contributed by atoms with E-state index in [1.807, 2.05) is 6.07 Å². The average molecular weight is 222 g/mol. The first-order valence-electron chi connectivity index (χ1n) is 5.92. The molecule has 0 aliphatic carbocycles. The summed E-state index contributed by atoms with van der Waals surface area (Å²) in [5, 5.41) is 0. The van der Waals surface area contributed by atoms with Gasteiger partial charge in [0, 0.05) is 24.2 Å². The molecular formula is C13H19FN2. The van der Waals surface area contributed by atoms with Gasteiger partial charge < -0.3 is 5.73 Å². The van der Waals surface area contributed by atoms with Gasteiger partial charge in [0.1, 0.15) is 5.82 Å². The quantitative estimate of drug-likeness (QED) is 0.850. The van der Waals surface area contributed by atoms with Crippen molar-refractivity contribution in [2.75, 3.05) is 13.1 Å². The van der Waals surface area contributed by atoms with E-state index in [1.54, 1.807) is 12.1 Å². The lowest BCUT2D eigenvalue weighted by Gasteiger charge is -2.25. The molecule has 1 aromatic rings. The van der Waals surface area contributed by atoms with Gasteiger partial charge in [-0.25, -0.2) is 4.39 Å². The van der Waals surface area contributed by atoms with Crippen LogP contribution in [0, 0.1) is 5.82 Å². The smallest absolute Gasteiger partial charge is 0.128 e. The molecule has 2 N–H and O–H groups in total. The van der Waals surface area contributed by atoms with Crippen LogP contribution >= 0.6 is 0 Å². The number of hydrogen-bond donors (Lipinski definition) is 1. The Morgan fingerprint density at radius 1 is 1.50 bits per heavy atom. The van der Waals surface area contributed by atoms with Crippen molar-refractivity contribution in [3.8, 4) is 0 Å². The molecule has 2 nitrogen and oxygen atoms in total. The van der Waals surface area contributed by atoms with Gasteiger partial charge in [-0.15, -0.1) is 0 Å². The van der Waals surface area contributed by atoms with Crippen molar-refractivity contribution < 1.29 is 4.39 Å². The summed E-state index contributed by atoms with van der Waals surface area (Å²) in [6.45, 7) is 4.05. The Hall–Kier alpha value is -0.930. The molecule has 1 heterocycles. The number of rotatable bonds is 3. The van der Waals surface area contributed by atoms with Gasteiger partial charge in [-0.2, -0.15) is 0 Å². The van der Waals surface area contributed by atoms with Gasteiger partial charge in [0.05, 0.1) is 0 Å². The van der Waals surface area contributed by atoms with Gasteiger partial charge in [-0.05, 0) is 32.4 Å². The minimum Gasteiger partial charge on any atom is -0.323 e. The van der Waals surface area contributed by atoms with Crippen LogP contribution in [0.3, 0.4) is 0 Å². The van der Waals surface area contributed by atoms with Crippen molar-refractivity contribution in [3.05, 3.63) is 35.6 Å². The maximum absolute atomic E-state index is 13.5. The van der Waals surface area contributed by atoms with Crippen LogP contribution in [0.5, 0.6) is 0 Å². The van der Waals surface area contributed by atoms with Gasteiger partial charge in [0.25, 0.3) is 0 Å². The lowest BCUT2D eigenvalue weighted by atomic mass is 10.1. The molecule has 3 heteroatoms. The number of nitrogens with zero attached hydrogens (tertiary/aromatic N) is 1. The van der Waals surface area contributed by atoms with Crippen LogP contribution in [0.2, 0.25) is 0 Å². The molecule has 0 bridgehead atoms. The van der Waals surface area contributed by atoms with E-state index in [0.29, 0.717) is 11.6 Å². The molecule has 1 aliphatic rings. The monoisotopic (exact) mass is 222 g/mol. The SMILES string of the molecule is CC1CCCN1CC(N)c1ccccc1F. The lowest BCUT2D eigenvalue weighted by Crippen LogP contribution is -2.34. The van der Waals surface area contributed by atoms with E-state index in [2.05, 4.69) is 11.8 Å². The minimum atomic E-state index is -0.221. The highest BCUT2D eigenvalue weighted by atomic mass is 19.1. The van der Waals surface area contributed by atoms with Gasteiger partial charge in [0.15, 0.2) is 0 Å². The zero-order chi connectivity index (χ0) is 11.5. The summed E-state index contributed by atoms with van der Waals surface area (Å²) in [7, 11) is 0. The second kappa shape index (κ2) is 4.93. The average Bonchev–Trinajstić information content (AvgIpc) is 2.65. The second-order valence-electron chi connectivity index (χ2n) is 4.61. The van der Waals surface area contributed by atoms with Crippen molar-refractivity contribution in [1.82, 2.24) is 4.90 Å². The summed E-state index contributed by atoms with van der Waals surface area (Å²) in [5.74, 6) is -0.193. The lowest BCUT2D eigenvalue weighted by molar-refractivity contribution is 0.251. The molecule has 2 rings (SSSR count). The van der Waals surface area contributed by atoms with Gasteiger partial charge in [-0.3, -0.25) is 4.90 Å². The van der Waals surface area contributed by atoms with E-state index < -0.39 is 0 Å². The maximum Gasteiger partial charge on any atom is 0.128 e. The van der Waals surface area contributed by atoms with Crippen molar-refractivity contribution in [2.24, 2.45) is 5.73 Å². The van der Waals surface area contributed by atoms with Crippen LogP contribution in [0.4, 0.5) is 4.39 Å². The Morgan fingerprint density at radius 2 is 2.25 bits per heavy atom. The predicted octanol–water partition coefficient (Wildman–Crippen LogP) is 2.31. The summed E-state index contributed by atoms with van der Waals surface area (Å²) in [6.07, 6.45) is 2.45. The highest BCUT2D eigenvalue weighted by Crippen LogP contribution is 2.21. The fourth-order valence-corrected chi connectivity index (χ4v) is 2.39. The third-order valence-electron chi connectivity index (χ3n) is 3.43. The summed E-state index contributed by atoms with van der Waals surface area (Å²) < 4.78 is 13.5.